The van der Waals surface area contributed by atoms with Crippen molar-refractivity contribution in [3.8, 4) is 11.4 Å². The zero-order chi connectivity index (χ0) is 9.97. The zero-order valence-electron chi connectivity index (χ0n) is 7.14. The highest BCUT2D eigenvalue weighted by Crippen LogP contribution is 2.18. The van der Waals surface area contributed by atoms with E-state index >= 15 is 0 Å². The van der Waals surface area contributed by atoms with Crippen molar-refractivity contribution in [1.29, 1.82) is 0 Å². The summed E-state index contributed by atoms with van der Waals surface area (Å²) < 4.78 is 17.8. The molecule has 0 atom stereocenters. The van der Waals surface area contributed by atoms with Crippen molar-refractivity contribution in [2.45, 2.75) is 6.61 Å². The molecule has 0 bridgehead atoms. The van der Waals surface area contributed by atoms with Gasteiger partial charge in [-0.1, -0.05) is 17.3 Å². The van der Waals surface area contributed by atoms with E-state index in [0.717, 1.165) is 0 Å². The lowest BCUT2D eigenvalue weighted by Crippen LogP contribution is -1.86. The molecule has 0 aliphatic heterocycles. The van der Waals surface area contributed by atoms with Crippen molar-refractivity contribution >= 4 is 0 Å². The van der Waals surface area contributed by atoms with Crippen LogP contribution in [0, 0.1) is 5.82 Å². The highest BCUT2D eigenvalue weighted by Gasteiger charge is 2.10. The molecule has 0 aliphatic rings. The van der Waals surface area contributed by atoms with Gasteiger partial charge in [-0.05, 0) is 12.1 Å². The maximum absolute atomic E-state index is 13.2. The van der Waals surface area contributed by atoms with Crippen LogP contribution in [0.25, 0.3) is 11.4 Å². The van der Waals surface area contributed by atoms with Gasteiger partial charge in [0.1, 0.15) is 12.4 Å². The Labute approximate surface area is 79.0 Å². The Kier molecular flexibility index (Phi) is 2.24. The molecule has 0 radical (unpaired) electrons. The van der Waals surface area contributed by atoms with Crippen LogP contribution < -0.4 is 0 Å². The predicted molar refractivity (Wildman–Crippen MR) is 45.6 cm³/mol. The number of aromatic nitrogens is 2. The summed E-state index contributed by atoms with van der Waals surface area (Å²) in [6.45, 7) is -0.346. The van der Waals surface area contributed by atoms with Crippen LogP contribution >= 0.6 is 0 Å². The maximum Gasteiger partial charge on any atom is 0.252 e. The average Bonchev–Trinajstić information content (AvgIpc) is 2.67. The maximum atomic E-state index is 13.2. The monoisotopic (exact) mass is 194 g/mol. The summed E-state index contributed by atoms with van der Waals surface area (Å²) in [7, 11) is 0. The standard InChI is InChI=1S/C9H7FN2O2/c10-7-4-2-1-3-6(7)9-11-8(5-13)14-12-9/h1-4,13H,5H2. The summed E-state index contributed by atoms with van der Waals surface area (Å²) >= 11 is 0. The first-order valence-corrected chi connectivity index (χ1v) is 3.99. The van der Waals surface area contributed by atoms with Gasteiger partial charge < -0.3 is 9.63 Å². The first-order valence-electron chi connectivity index (χ1n) is 3.99. The largest absolute Gasteiger partial charge is 0.387 e. The molecule has 1 aromatic carbocycles. The Hall–Kier alpha value is -1.75. The minimum atomic E-state index is -0.419. The summed E-state index contributed by atoms with van der Waals surface area (Å²) in [6, 6.07) is 6.10. The van der Waals surface area contributed by atoms with Crippen LogP contribution in [-0.2, 0) is 6.61 Å². The molecule has 5 heteroatoms. The second-order valence-corrected chi connectivity index (χ2v) is 2.65. The van der Waals surface area contributed by atoms with E-state index < -0.39 is 5.82 Å². The number of aliphatic hydroxyl groups is 1. The molecule has 0 saturated carbocycles. The molecule has 0 fully saturated rings. The van der Waals surface area contributed by atoms with Gasteiger partial charge in [-0.15, -0.1) is 0 Å². The van der Waals surface area contributed by atoms with E-state index in [1.807, 2.05) is 0 Å². The van der Waals surface area contributed by atoms with Gasteiger partial charge >= 0.3 is 0 Å². The predicted octanol–water partition coefficient (Wildman–Crippen LogP) is 1.37. The molecule has 0 saturated heterocycles. The first kappa shape index (κ1) is 8.83. The molecule has 72 valence electrons. The number of nitrogens with zero attached hydrogens (tertiary/aromatic N) is 2. The fraction of sp³-hybridized carbons (Fsp3) is 0.111. The molecule has 14 heavy (non-hydrogen) atoms. The Balaban J connectivity index is 2.44. The van der Waals surface area contributed by atoms with Crippen molar-refractivity contribution in [3.63, 3.8) is 0 Å². The van der Waals surface area contributed by atoms with Crippen LogP contribution in [0.3, 0.4) is 0 Å². The molecule has 0 unspecified atom stereocenters. The van der Waals surface area contributed by atoms with E-state index in [9.17, 15) is 4.39 Å². The smallest absolute Gasteiger partial charge is 0.252 e. The topological polar surface area (TPSA) is 59.2 Å². The van der Waals surface area contributed by atoms with Gasteiger partial charge in [-0.25, -0.2) is 4.39 Å². The molecule has 2 rings (SSSR count). The summed E-state index contributed by atoms with van der Waals surface area (Å²) in [5.74, 6) is -0.201. The Morgan fingerprint density at radius 3 is 2.79 bits per heavy atom. The van der Waals surface area contributed by atoms with Crippen molar-refractivity contribution in [1.82, 2.24) is 10.1 Å². The van der Waals surface area contributed by atoms with E-state index in [2.05, 4.69) is 14.7 Å². The van der Waals surface area contributed by atoms with Crippen LogP contribution in [-0.4, -0.2) is 15.2 Å². The molecule has 1 N–H and O–H groups in total. The summed E-state index contributed by atoms with van der Waals surface area (Å²) in [4.78, 5) is 3.79. The van der Waals surface area contributed by atoms with Crippen molar-refractivity contribution < 1.29 is 14.0 Å². The van der Waals surface area contributed by atoms with Crippen LogP contribution in [0.5, 0.6) is 0 Å². The van der Waals surface area contributed by atoms with Crippen molar-refractivity contribution in [2.24, 2.45) is 0 Å². The molecule has 1 aromatic heterocycles. The molecule has 1 heterocycles. The first-order chi connectivity index (χ1) is 6.81. The Morgan fingerprint density at radius 1 is 1.36 bits per heavy atom. The molecule has 0 amide bonds. The number of hydrogen-bond donors (Lipinski definition) is 1. The zero-order valence-corrected chi connectivity index (χ0v) is 7.14. The normalized spacial score (nSPS) is 10.4. The second kappa shape index (κ2) is 3.55. The number of benzene rings is 1. The fourth-order valence-electron chi connectivity index (χ4n) is 1.07. The third-order valence-electron chi connectivity index (χ3n) is 1.72. The molecule has 2 aromatic rings. The highest BCUT2D eigenvalue weighted by molar-refractivity contribution is 5.54. The average molecular weight is 194 g/mol. The van der Waals surface area contributed by atoms with Gasteiger partial charge in [0, 0.05) is 0 Å². The van der Waals surface area contributed by atoms with Gasteiger partial charge in [-0.3, -0.25) is 0 Å². The summed E-state index contributed by atoms with van der Waals surface area (Å²) in [5.41, 5.74) is 0.260. The summed E-state index contributed by atoms with van der Waals surface area (Å²) in [6.07, 6.45) is 0. The lowest BCUT2D eigenvalue weighted by molar-refractivity contribution is 0.222. The van der Waals surface area contributed by atoms with Gasteiger partial charge in [-0.2, -0.15) is 4.98 Å². The molecule has 4 nitrogen and oxygen atoms in total. The van der Waals surface area contributed by atoms with Crippen LogP contribution in [0.4, 0.5) is 4.39 Å². The van der Waals surface area contributed by atoms with Gasteiger partial charge in [0.15, 0.2) is 0 Å². The van der Waals surface area contributed by atoms with Crippen LogP contribution in [0.1, 0.15) is 5.89 Å². The lowest BCUT2D eigenvalue weighted by atomic mass is 10.2. The minimum Gasteiger partial charge on any atom is -0.387 e. The second-order valence-electron chi connectivity index (χ2n) is 2.65. The van der Waals surface area contributed by atoms with E-state index in [0.29, 0.717) is 0 Å². The molecule has 0 aliphatic carbocycles. The molecular formula is C9H7FN2O2. The highest BCUT2D eigenvalue weighted by atomic mass is 19.1. The Morgan fingerprint density at radius 2 is 2.14 bits per heavy atom. The quantitative estimate of drug-likeness (QED) is 0.784. The van der Waals surface area contributed by atoms with E-state index in [1.165, 1.54) is 6.07 Å². The number of rotatable bonds is 2. The number of halogens is 1. The van der Waals surface area contributed by atoms with Crippen molar-refractivity contribution in [2.75, 3.05) is 0 Å². The fourth-order valence-corrected chi connectivity index (χ4v) is 1.07. The third-order valence-corrected chi connectivity index (χ3v) is 1.72. The summed E-state index contributed by atoms with van der Waals surface area (Å²) in [5, 5.41) is 12.2. The minimum absolute atomic E-state index is 0.0725. The van der Waals surface area contributed by atoms with Gasteiger partial charge in [0.2, 0.25) is 5.82 Å². The van der Waals surface area contributed by atoms with Crippen molar-refractivity contribution in [3.05, 3.63) is 36.0 Å². The van der Waals surface area contributed by atoms with Crippen LogP contribution in [0.2, 0.25) is 0 Å². The Bertz CT molecular complexity index is 442. The third kappa shape index (κ3) is 1.49. The molecule has 0 spiro atoms. The van der Waals surface area contributed by atoms with Gasteiger partial charge in [0.25, 0.3) is 5.89 Å². The van der Waals surface area contributed by atoms with E-state index in [4.69, 9.17) is 5.11 Å². The van der Waals surface area contributed by atoms with Crippen LogP contribution in [0.15, 0.2) is 28.8 Å². The SMILES string of the molecule is OCc1nc(-c2ccccc2F)no1. The number of aliphatic hydroxyl groups excluding tert-OH is 1. The molecular weight excluding hydrogens is 187 g/mol. The lowest BCUT2D eigenvalue weighted by Gasteiger charge is -1.94. The van der Waals surface area contributed by atoms with E-state index in [1.54, 1.807) is 18.2 Å². The van der Waals surface area contributed by atoms with Gasteiger partial charge in [0.05, 0.1) is 5.56 Å². The number of hydrogen-bond acceptors (Lipinski definition) is 4. The van der Waals surface area contributed by atoms with E-state index in [-0.39, 0.29) is 23.9 Å².